The average molecular weight is 317 g/mol. The summed E-state index contributed by atoms with van der Waals surface area (Å²) < 4.78 is 1.87. The number of nitrogens with one attached hydrogen (secondary N) is 1. The molecule has 0 radical (unpaired) electrons. The molecule has 0 unspecified atom stereocenters. The van der Waals surface area contributed by atoms with E-state index in [1.165, 1.54) is 11.3 Å². The number of nitrogen functional groups attached to an aromatic ring is 1. The van der Waals surface area contributed by atoms with Crippen molar-refractivity contribution in [2.75, 3.05) is 17.6 Å². The van der Waals surface area contributed by atoms with Gasteiger partial charge in [0.05, 0.1) is 5.69 Å². The van der Waals surface area contributed by atoms with Crippen molar-refractivity contribution >= 4 is 27.9 Å². The average Bonchev–Trinajstić information content (AvgIpc) is 3.04. The van der Waals surface area contributed by atoms with Crippen LogP contribution in [0.25, 0.3) is 5.65 Å². The lowest BCUT2D eigenvalue weighted by Crippen LogP contribution is -2.10. The Balaban J connectivity index is 1.84. The molecule has 3 aromatic heterocycles. The van der Waals surface area contributed by atoms with Crippen LogP contribution in [0, 0.1) is 13.8 Å². The molecule has 3 heterocycles. The molecule has 0 aliphatic carbocycles. The van der Waals surface area contributed by atoms with E-state index in [4.69, 9.17) is 5.73 Å². The van der Waals surface area contributed by atoms with E-state index in [0.717, 1.165) is 52.8 Å². The lowest BCUT2D eigenvalue weighted by atomic mass is 10.2. The third-order valence-electron chi connectivity index (χ3n) is 3.60. The Morgan fingerprint density at radius 2 is 2.14 bits per heavy atom. The summed E-state index contributed by atoms with van der Waals surface area (Å²) >= 11 is 1.42. The van der Waals surface area contributed by atoms with Crippen LogP contribution in [0.5, 0.6) is 0 Å². The van der Waals surface area contributed by atoms with Crippen LogP contribution in [0.3, 0.4) is 0 Å². The number of anilines is 2. The third kappa shape index (κ3) is 2.74. The molecule has 0 bridgehead atoms. The van der Waals surface area contributed by atoms with E-state index in [1.807, 2.05) is 17.5 Å². The predicted octanol–water partition coefficient (Wildman–Crippen LogP) is 2.00. The number of nitrogens with zero attached hydrogens (tertiary/aromatic N) is 5. The standard InChI is InChI=1S/C14H19N7S/c1-4-10-7-11(16-6-5-12-18-19-14(15)22-12)21-13(17-10)8(2)9(3)20-21/h7,16H,4-6H2,1-3H3,(H2,15,19). The molecule has 22 heavy (non-hydrogen) atoms. The van der Waals surface area contributed by atoms with E-state index in [-0.39, 0.29) is 0 Å². The van der Waals surface area contributed by atoms with Gasteiger partial charge in [-0.3, -0.25) is 0 Å². The molecular formula is C14H19N7S. The summed E-state index contributed by atoms with van der Waals surface area (Å²) in [7, 11) is 0. The molecule has 3 aromatic rings. The first-order chi connectivity index (χ1) is 10.6. The highest BCUT2D eigenvalue weighted by Crippen LogP contribution is 2.19. The third-order valence-corrected chi connectivity index (χ3v) is 4.41. The number of rotatable bonds is 5. The van der Waals surface area contributed by atoms with Crippen molar-refractivity contribution in [3.63, 3.8) is 0 Å². The lowest BCUT2D eigenvalue weighted by Gasteiger charge is -2.09. The van der Waals surface area contributed by atoms with Gasteiger partial charge < -0.3 is 11.1 Å². The summed E-state index contributed by atoms with van der Waals surface area (Å²) in [5.74, 6) is 0.954. The molecule has 3 rings (SSSR count). The fraction of sp³-hybridized carbons (Fsp3) is 0.429. The zero-order valence-electron chi connectivity index (χ0n) is 12.9. The summed E-state index contributed by atoms with van der Waals surface area (Å²) in [5.41, 5.74) is 9.69. The fourth-order valence-corrected chi connectivity index (χ4v) is 2.86. The van der Waals surface area contributed by atoms with E-state index < -0.39 is 0 Å². The number of fused-ring (bicyclic) bond motifs is 1. The molecule has 0 saturated carbocycles. The van der Waals surface area contributed by atoms with Crippen LogP contribution < -0.4 is 11.1 Å². The largest absolute Gasteiger partial charge is 0.374 e. The van der Waals surface area contributed by atoms with Crippen LogP contribution >= 0.6 is 11.3 Å². The fourth-order valence-electron chi connectivity index (χ4n) is 2.25. The van der Waals surface area contributed by atoms with Gasteiger partial charge in [0.15, 0.2) is 5.65 Å². The maximum Gasteiger partial charge on any atom is 0.203 e. The highest BCUT2D eigenvalue weighted by Gasteiger charge is 2.11. The first-order valence-electron chi connectivity index (χ1n) is 7.26. The molecule has 7 nitrogen and oxygen atoms in total. The van der Waals surface area contributed by atoms with E-state index in [1.54, 1.807) is 0 Å². The predicted molar refractivity (Wildman–Crippen MR) is 88.4 cm³/mol. The van der Waals surface area contributed by atoms with Crippen molar-refractivity contribution in [1.82, 2.24) is 24.8 Å². The van der Waals surface area contributed by atoms with Gasteiger partial charge in [0.25, 0.3) is 0 Å². The highest BCUT2D eigenvalue weighted by molar-refractivity contribution is 7.15. The van der Waals surface area contributed by atoms with Gasteiger partial charge in [-0.1, -0.05) is 18.3 Å². The van der Waals surface area contributed by atoms with Crippen LogP contribution in [0.4, 0.5) is 10.9 Å². The SMILES string of the molecule is CCc1cc(NCCc2nnc(N)s2)n2nc(C)c(C)c2n1. The zero-order chi connectivity index (χ0) is 15.7. The van der Waals surface area contributed by atoms with Gasteiger partial charge in [0.1, 0.15) is 10.8 Å². The molecule has 0 saturated heterocycles. The Hall–Kier alpha value is -2.22. The van der Waals surface area contributed by atoms with Gasteiger partial charge in [0.2, 0.25) is 5.13 Å². The smallest absolute Gasteiger partial charge is 0.203 e. The van der Waals surface area contributed by atoms with Crippen LogP contribution in [0.1, 0.15) is 28.9 Å². The number of hydrogen-bond acceptors (Lipinski definition) is 7. The second-order valence-electron chi connectivity index (χ2n) is 5.14. The first kappa shape index (κ1) is 14.7. The van der Waals surface area contributed by atoms with Crippen LogP contribution in [0.2, 0.25) is 0 Å². The summed E-state index contributed by atoms with van der Waals surface area (Å²) in [6, 6.07) is 2.05. The molecular weight excluding hydrogens is 298 g/mol. The van der Waals surface area contributed by atoms with E-state index in [0.29, 0.717) is 5.13 Å². The zero-order valence-corrected chi connectivity index (χ0v) is 13.7. The van der Waals surface area contributed by atoms with Gasteiger partial charge in [-0.25, -0.2) is 4.98 Å². The van der Waals surface area contributed by atoms with Crippen molar-refractivity contribution in [2.45, 2.75) is 33.6 Å². The summed E-state index contributed by atoms with van der Waals surface area (Å²) in [6.07, 6.45) is 1.67. The Kier molecular flexibility index (Phi) is 3.93. The Morgan fingerprint density at radius 3 is 2.82 bits per heavy atom. The maximum absolute atomic E-state index is 5.60. The van der Waals surface area contributed by atoms with Gasteiger partial charge in [-0.15, -0.1) is 10.2 Å². The number of aromatic nitrogens is 5. The van der Waals surface area contributed by atoms with Crippen molar-refractivity contribution < 1.29 is 0 Å². The Morgan fingerprint density at radius 1 is 1.32 bits per heavy atom. The Labute approximate surface area is 132 Å². The minimum Gasteiger partial charge on any atom is -0.374 e. The second kappa shape index (κ2) is 5.88. The maximum atomic E-state index is 5.60. The topological polar surface area (TPSA) is 94.0 Å². The van der Waals surface area contributed by atoms with Crippen LogP contribution in [0.15, 0.2) is 6.07 Å². The molecule has 0 aromatic carbocycles. The van der Waals surface area contributed by atoms with Crippen molar-refractivity contribution in [3.05, 3.63) is 28.0 Å². The Bertz CT molecular complexity index is 805. The molecule has 3 N–H and O–H groups in total. The van der Waals surface area contributed by atoms with E-state index >= 15 is 0 Å². The molecule has 0 atom stereocenters. The molecule has 0 amide bonds. The summed E-state index contributed by atoms with van der Waals surface area (Å²) in [5, 5.41) is 17.3. The van der Waals surface area contributed by atoms with E-state index in [9.17, 15) is 0 Å². The number of aryl methyl sites for hydroxylation is 3. The normalized spacial score (nSPS) is 11.2. The molecule has 0 aliphatic rings. The van der Waals surface area contributed by atoms with Crippen molar-refractivity contribution in [1.29, 1.82) is 0 Å². The molecule has 8 heteroatoms. The minimum atomic E-state index is 0.507. The molecule has 0 spiro atoms. The first-order valence-corrected chi connectivity index (χ1v) is 8.07. The van der Waals surface area contributed by atoms with Crippen LogP contribution in [-0.4, -0.2) is 31.3 Å². The quantitative estimate of drug-likeness (QED) is 0.747. The number of nitrogens with two attached hydrogens (primary N) is 1. The van der Waals surface area contributed by atoms with Gasteiger partial charge >= 0.3 is 0 Å². The molecule has 0 aliphatic heterocycles. The van der Waals surface area contributed by atoms with Gasteiger partial charge in [-0.2, -0.15) is 9.61 Å². The molecule has 0 fully saturated rings. The van der Waals surface area contributed by atoms with E-state index in [2.05, 4.69) is 39.4 Å². The second-order valence-corrected chi connectivity index (χ2v) is 6.24. The summed E-state index contributed by atoms with van der Waals surface area (Å²) in [6.45, 7) is 6.90. The monoisotopic (exact) mass is 317 g/mol. The number of hydrogen-bond donors (Lipinski definition) is 2. The van der Waals surface area contributed by atoms with Crippen LogP contribution in [-0.2, 0) is 12.8 Å². The summed E-state index contributed by atoms with van der Waals surface area (Å²) in [4.78, 5) is 4.67. The van der Waals surface area contributed by atoms with Gasteiger partial charge in [-0.05, 0) is 20.3 Å². The van der Waals surface area contributed by atoms with Crippen molar-refractivity contribution in [2.24, 2.45) is 0 Å². The minimum absolute atomic E-state index is 0.507. The van der Waals surface area contributed by atoms with Crippen molar-refractivity contribution in [3.8, 4) is 0 Å². The van der Waals surface area contributed by atoms with Gasteiger partial charge in [0, 0.05) is 30.3 Å². The lowest BCUT2D eigenvalue weighted by molar-refractivity contribution is 0.875. The highest BCUT2D eigenvalue weighted by atomic mass is 32.1. The molecule has 116 valence electrons.